The molecule has 0 aromatic carbocycles. The van der Waals surface area contributed by atoms with Gasteiger partial charge in [0.2, 0.25) is 17.7 Å². The van der Waals surface area contributed by atoms with Crippen LogP contribution in [0.3, 0.4) is 0 Å². The molecule has 8 nitrogen and oxygen atoms in total. The first kappa shape index (κ1) is 16.8. The van der Waals surface area contributed by atoms with E-state index in [-0.39, 0.29) is 29.8 Å². The summed E-state index contributed by atoms with van der Waals surface area (Å²) in [4.78, 5) is 32.0. The number of nitrogens with one attached hydrogen (secondary N) is 1. The van der Waals surface area contributed by atoms with Gasteiger partial charge in [-0.3, -0.25) is 14.9 Å². The zero-order chi connectivity index (χ0) is 18.4. The van der Waals surface area contributed by atoms with Crippen molar-refractivity contribution in [3.05, 3.63) is 29.5 Å². The third-order valence-electron chi connectivity index (χ3n) is 5.43. The van der Waals surface area contributed by atoms with Crippen LogP contribution in [0.5, 0.6) is 0 Å². The second kappa shape index (κ2) is 6.26. The Hall–Kier alpha value is -2.64. The molecule has 0 radical (unpaired) electrons. The number of nitrogens with zero attached hydrogens (tertiary/aromatic N) is 4. The molecule has 2 fully saturated rings. The zero-order valence-corrected chi connectivity index (χ0v) is 15.2. The molecule has 0 spiro atoms. The van der Waals surface area contributed by atoms with Crippen LogP contribution in [0, 0.1) is 19.8 Å². The van der Waals surface area contributed by atoms with E-state index < -0.39 is 0 Å². The zero-order valence-electron chi connectivity index (χ0n) is 15.2. The topological polar surface area (TPSA) is 93.3 Å². The summed E-state index contributed by atoms with van der Waals surface area (Å²) in [5, 5.41) is 6.76. The number of rotatable bonds is 4. The number of likely N-dealkylation sites (tertiary alicyclic amines) is 1. The highest BCUT2D eigenvalue weighted by molar-refractivity contribution is 5.94. The second-order valence-electron chi connectivity index (χ2n) is 7.23. The van der Waals surface area contributed by atoms with Gasteiger partial charge in [0.25, 0.3) is 0 Å². The van der Waals surface area contributed by atoms with Gasteiger partial charge in [0.15, 0.2) is 0 Å². The number of anilines is 1. The molecule has 1 saturated carbocycles. The van der Waals surface area contributed by atoms with Gasteiger partial charge in [-0.15, -0.1) is 0 Å². The maximum Gasteiger partial charge on any atom is 0.234 e. The van der Waals surface area contributed by atoms with E-state index in [4.69, 9.17) is 4.52 Å². The van der Waals surface area contributed by atoms with Crippen LogP contribution >= 0.6 is 0 Å². The fourth-order valence-electron chi connectivity index (χ4n) is 3.68. The van der Waals surface area contributed by atoms with Crippen LogP contribution in [0.25, 0.3) is 0 Å². The summed E-state index contributed by atoms with van der Waals surface area (Å²) in [6, 6.07) is -0.137. The highest BCUT2D eigenvalue weighted by Crippen LogP contribution is 2.43. The maximum absolute atomic E-state index is 13.1. The lowest BCUT2D eigenvalue weighted by Gasteiger charge is -2.40. The van der Waals surface area contributed by atoms with E-state index in [0.717, 1.165) is 29.9 Å². The summed E-state index contributed by atoms with van der Waals surface area (Å²) in [6.07, 6.45) is 6.40. The molecular formula is C18H23N5O3. The summed E-state index contributed by atoms with van der Waals surface area (Å²) >= 11 is 0. The van der Waals surface area contributed by atoms with Crippen molar-refractivity contribution in [2.45, 2.75) is 51.6 Å². The van der Waals surface area contributed by atoms with Gasteiger partial charge in [-0.25, -0.2) is 4.98 Å². The fraction of sp³-hybridized carbons (Fsp3) is 0.556. The molecular weight excluding hydrogens is 334 g/mol. The molecule has 2 aromatic heterocycles. The molecule has 8 heteroatoms. The van der Waals surface area contributed by atoms with Crippen molar-refractivity contribution in [2.75, 3.05) is 5.32 Å². The Balaban J connectivity index is 1.66. The lowest BCUT2D eigenvalue weighted by Crippen LogP contribution is -2.48. The number of hydrogen-bond acceptors (Lipinski definition) is 5. The second-order valence-corrected chi connectivity index (χ2v) is 7.23. The first-order valence-electron chi connectivity index (χ1n) is 8.99. The number of carbonyl (C=O) groups excluding carboxylic acids is 2. The SMILES string of the molecule is Cc1noc(NC(=O)[C@H]2CCC(=O)N(C3CC3)[C@@H]2c2nccn2C)c1C. The Morgan fingerprint density at radius 3 is 2.65 bits per heavy atom. The van der Waals surface area contributed by atoms with Gasteiger partial charge >= 0.3 is 0 Å². The molecule has 138 valence electrons. The van der Waals surface area contributed by atoms with E-state index in [1.165, 1.54) is 0 Å². The standard InChI is InChI=1S/C18H23N5O3/c1-10-11(2)21-26-18(10)20-17(25)13-6-7-14(24)23(12-4-5-12)15(13)16-19-8-9-22(16)3/h8-9,12-13,15H,4-7H2,1-3H3,(H,20,25)/t13-,15-/m0/s1. The largest absolute Gasteiger partial charge is 0.338 e. The third-order valence-corrected chi connectivity index (χ3v) is 5.43. The molecule has 1 aliphatic carbocycles. The van der Waals surface area contributed by atoms with Gasteiger partial charge in [0.05, 0.1) is 11.6 Å². The average molecular weight is 357 g/mol. The smallest absolute Gasteiger partial charge is 0.234 e. The average Bonchev–Trinajstić information content (AvgIpc) is 3.29. The van der Waals surface area contributed by atoms with Crippen LogP contribution < -0.4 is 5.32 Å². The van der Waals surface area contributed by atoms with Crippen molar-refractivity contribution in [2.24, 2.45) is 13.0 Å². The summed E-state index contributed by atoms with van der Waals surface area (Å²) < 4.78 is 7.12. The van der Waals surface area contributed by atoms with E-state index in [1.807, 2.05) is 36.6 Å². The number of carbonyl (C=O) groups is 2. The Kier molecular flexibility index (Phi) is 4.05. The lowest BCUT2D eigenvalue weighted by atomic mass is 9.86. The summed E-state index contributed by atoms with van der Waals surface area (Å²) in [5.41, 5.74) is 1.57. The predicted molar refractivity (Wildman–Crippen MR) is 93.1 cm³/mol. The number of hydrogen-bond donors (Lipinski definition) is 1. The first-order valence-corrected chi connectivity index (χ1v) is 8.99. The first-order chi connectivity index (χ1) is 12.5. The molecule has 4 rings (SSSR count). The number of amides is 2. The van der Waals surface area contributed by atoms with Crippen LogP contribution in [-0.2, 0) is 16.6 Å². The molecule has 2 atom stereocenters. The van der Waals surface area contributed by atoms with Gasteiger partial charge in [-0.05, 0) is 33.1 Å². The minimum Gasteiger partial charge on any atom is -0.338 e. The Labute approximate surface area is 151 Å². The van der Waals surface area contributed by atoms with Crippen LogP contribution in [0.1, 0.15) is 48.8 Å². The summed E-state index contributed by atoms with van der Waals surface area (Å²) in [7, 11) is 1.89. The number of imidazole rings is 1. The van der Waals surface area contributed by atoms with Crippen molar-refractivity contribution in [3.63, 3.8) is 0 Å². The van der Waals surface area contributed by atoms with Crippen LogP contribution in [0.2, 0.25) is 0 Å². The molecule has 0 bridgehead atoms. The normalized spacial score (nSPS) is 23.3. The van der Waals surface area contributed by atoms with Gasteiger partial charge in [0.1, 0.15) is 11.9 Å². The van der Waals surface area contributed by atoms with Crippen molar-refractivity contribution < 1.29 is 14.1 Å². The molecule has 3 heterocycles. The highest BCUT2D eigenvalue weighted by Gasteiger charge is 2.48. The van der Waals surface area contributed by atoms with E-state index >= 15 is 0 Å². The number of aromatic nitrogens is 3. The molecule has 26 heavy (non-hydrogen) atoms. The summed E-state index contributed by atoms with van der Waals surface area (Å²) in [5.74, 6) is 0.697. The predicted octanol–water partition coefficient (Wildman–Crippen LogP) is 2.11. The van der Waals surface area contributed by atoms with Crippen molar-refractivity contribution in [3.8, 4) is 0 Å². The van der Waals surface area contributed by atoms with Crippen LogP contribution in [0.15, 0.2) is 16.9 Å². The minimum absolute atomic E-state index is 0.108. The van der Waals surface area contributed by atoms with Crippen molar-refractivity contribution in [1.29, 1.82) is 0 Å². The van der Waals surface area contributed by atoms with Gasteiger partial charge in [0, 0.05) is 37.5 Å². The molecule has 1 N–H and O–H groups in total. The maximum atomic E-state index is 13.1. The molecule has 1 saturated heterocycles. The monoisotopic (exact) mass is 357 g/mol. The highest BCUT2D eigenvalue weighted by atomic mass is 16.5. The summed E-state index contributed by atoms with van der Waals surface area (Å²) in [6.45, 7) is 3.69. The Morgan fingerprint density at radius 1 is 1.31 bits per heavy atom. The Morgan fingerprint density at radius 2 is 2.08 bits per heavy atom. The van der Waals surface area contributed by atoms with Crippen molar-refractivity contribution in [1.82, 2.24) is 19.6 Å². The van der Waals surface area contributed by atoms with Gasteiger partial charge in [-0.2, -0.15) is 0 Å². The van der Waals surface area contributed by atoms with Gasteiger partial charge < -0.3 is 14.0 Å². The fourth-order valence-corrected chi connectivity index (χ4v) is 3.68. The Bertz CT molecular complexity index is 851. The number of piperidine rings is 1. The minimum atomic E-state index is -0.376. The lowest BCUT2D eigenvalue weighted by molar-refractivity contribution is -0.143. The molecule has 2 aromatic rings. The molecule has 2 amide bonds. The van der Waals surface area contributed by atoms with E-state index in [0.29, 0.717) is 18.7 Å². The van der Waals surface area contributed by atoms with E-state index in [2.05, 4.69) is 15.5 Å². The quantitative estimate of drug-likeness (QED) is 0.904. The molecule has 1 aliphatic heterocycles. The van der Waals surface area contributed by atoms with E-state index in [9.17, 15) is 9.59 Å². The van der Waals surface area contributed by atoms with Crippen LogP contribution in [-0.4, -0.2) is 37.5 Å². The van der Waals surface area contributed by atoms with Gasteiger partial charge in [-0.1, -0.05) is 5.16 Å². The van der Waals surface area contributed by atoms with E-state index in [1.54, 1.807) is 6.20 Å². The number of aryl methyl sites for hydroxylation is 2. The third kappa shape index (κ3) is 2.79. The van der Waals surface area contributed by atoms with Crippen LogP contribution in [0.4, 0.5) is 5.88 Å². The molecule has 2 aliphatic rings. The molecule has 0 unspecified atom stereocenters. The van der Waals surface area contributed by atoms with Crippen molar-refractivity contribution >= 4 is 17.7 Å².